The van der Waals surface area contributed by atoms with Gasteiger partial charge in [0, 0.05) is 4.75 Å². The number of tetrazole rings is 1. The molecule has 2 aliphatic rings. The van der Waals surface area contributed by atoms with Crippen LogP contribution < -0.4 is 14.8 Å². The van der Waals surface area contributed by atoms with E-state index in [1.807, 2.05) is 13.8 Å². The number of hydrogen-bond donors (Lipinski definition) is 2. The fourth-order valence-corrected chi connectivity index (χ4v) is 5.37. The summed E-state index contributed by atoms with van der Waals surface area (Å²) in [5, 5.41) is 16.8. The topological polar surface area (TPSA) is 122 Å². The molecule has 1 aromatic heterocycles. The predicted octanol–water partition coefficient (Wildman–Crippen LogP) is 0.750. The molecule has 4 rings (SSSR count). The highest BCUT2D eigenvalue weighted by Crippen LogP contribution is 2.56. The zero-order valence-electron chi connectivity index (χ0n) is 15.8. The number of carbonyl (C=O) groups excluding carboxylic acids is 2. The Hall–Kier alpha value is -2.82. The minimum Gasteiger partial charge on any atom is -0.496 e. The number of methoxy groups -OCH3 is 2. The van der Waals surface area contributed by atoms with E-state index in [4.69, 9.17) is 9.47 Å². The first-order valence-electron chi connectivity index (χ1n) is 8.64. The summed E-state index contributed by atoms with van der Waals surface area (Å²) in [7, 11) is 2.96. The molecule has 3 atom stereocenters. The molecule has 0 radical (unpaired) electrons. The van der Waals surface area contributed by atoms with Gasteiger partial charge in [-0.25, -0.2) is 0 Å². The molecule has 0 bridgehead atoms. The summed E-state index contributed by atoms with van der Waals surface area (Å²) in [5.41, 5.74) is 0.260. The van der Waals surface area contributed by atoms with Crippen LogP contribution in [0.15, 0.2) is 18.2 Å². The van der Waals surface area contributed by atoms with Gasteiger partial charge in [0.1, 0.15) is 34.5 Å². The molecular weight excluding hydrogens is 384 g/mol. The summed E-state index contributed by atoms with van der Waals surface area (Å²) in [6.07, 6.45) is 0. The molecule has 2 amide bonds. The summed E-state index contributed by atoms with van der Waals surface area (Å²) < 4.78 is 10.2. The molecule has 2 aromatic rings. The fraction of sp³-hybridized carbons (Fsp3) is 0.471. The summed E-state index contributed by atoms with van der Waals surface area (Å²) in [6.45, 7) is 4.04. The van der Waals surface area contributed by atoms with Crippen LogP contribution in [0.5, 0.6) is 11.5 Å². The molecule has 0 aliphatic carbocycles. The number of aromatic amines is 1. The molecule has 2 saturated heterocycles. The van der Waals surface area contributed by atoms with Gasteiger partial charge in [0.2, 0.25) is 5.91 Å². The Labute approximate surface area is 165 Å². The van der Waals surface area contributed by atoms with Crippen molar-refractivity contribution in [2.75, 3.05) is 14.2 Å². The number of fused-ring (bicyclic) bond motifs is 1. The number of nitrogens with zero attached hydrogens (tertiary/aromatic N) is 4. The van der Waals surface area contributed by atoms with Crippen molar-refractivity contribution >= 4 is 23.6 Å². The largest absolute Gasteiger partial charge is 0.496 e. The summed E-state index contributed by atoms with van der Waals surface area (Å²) in [4.78, 5) is 27.5. The molecule has 2 unspecified atom stereocenters. The Bertz CT molecular complexity index is 896. The van der Waals surface area contributed by atoms with E-state index in [1.165, 1.54) is 14.2 Å². The van der Waals surface area contributed by atoms with Crippen LogP contribution in [0.2, 0.25) is 0 Å². The SMILES string of the molecule is COc1cccc(OC)c1C(=O)NC1C(=O)N2C(c3nn[nH]n3)C(C)(C)S[C@@H]12. The van der Waals surface area contributed by atoms with Crippen LogP contribution >= 0.6 is 11.8 Å². The van der Waals surface area contributed by atoms with Crippen molar-refractivity contribution < 1.29 is 19.1 Å². The number of amides is 2. The highest BCUT2D eigenvalue weighted by atomic mass is 32.2. The number of aromatic nitrogens is 4. The van der Waals surface area contributed by atoms with E-state index < -0.39 is 11.9 Å². The molecule has 3 heterocycles. The normalized spacial score (nSPS) is 25.1. The lowest BCUT2D eigenvalue weighted by atomic mass is 9.95. The second-order valence-electron chi connectivity index (χ2n) is 7.02. The number of rotatable bonds is 5. The smallest absolute Gasteiger partial charge is 0.259 e. The van der Waals surface area contributed by atoms with Crippen molar-refractivity contribution in [3.8, 4) is 11.5 Å². The Kier molecular flexibility index (Phi) is 4.41. The molecule has 1 aromatic carbocycles. The van der Waals surface area contributed by atoms with Crippen LogP contribution in [0.3, 0.4) is 0 Å². The minimum atomic E-state index is -0.650. The number of carbonyl (C=O) groups is 2. The first-order valence-corrected chi connectivity index (χ1v) is 9.52. The van der Waals surface area contributed by atoms with Gasteiger partial charge in [0.05, 0.1) is 14.2 Å². The van der Waals surface area contributed by atoms with Gasteiger partial charge in [0.25, 0.3) is 5.91 Å². The minimum absolute atomic E-state index is 0.180. The van der Waals surface area contributed by atoms with Gasteiger partial charge in [-0.15, -0.1) is 22.0 Å². The van der Waals surface area contributed by atoms with E-state index in [-0.39, 0.29) is 27.6 Å². The van der Waals surface area contributed by atoms with E-state index in [2.05, 4.69) is 25.9 Å². The zero-order chi connectivity index (χ0) is 20.1. The third-order valence-electron chi connectivity index (χ3n) is 4.99. The van der Waals surface area contributed by atoms with Crippen LogP contribution in [-0.4, -0.2) is 67.7 Å². The van der Waals surface area contributed by atoms with Crippen molar-refractivity contribution in [3.63, 3.8) is 0 Å². The molecule has 2 N–H and O–H groups in total. The average molecular weight is 404 g/mol. The molecule has 148 valence electrons. The Morgan fingerprint density at radius 3 is 2.54 bits per heavy atom. The van der Waals surface area contributed by atoms with Crippen molar-refractivity contribution in [2.45, 2.75) is 36.1 Å². The highest BCUT2D eigenvalue weighted by Gasteiger charge is 2.63. The van der Waals surface area contributed by atoms with Gasteiger partial charge in [-0.05, 0) is 26.0 Å². The first kappa shape index (κ1) is 18.5. The number of benzene rings is 1. The predicted molar refractivity (Wildman–Crippen MR) is 100 cm³/mol. The summed E-state index contributed by atoms with van der Waals surface area (Å²) >= 11 is 1.60. The van der Waals surface area contributed by atoms with E-state index in [1.54, 1.807) is 34.9 Å². The Balaban J connectivity index is 1.57. The summed E-state index contributed by atoms with van der Waals surface area (Å²) in [5.74, 6) is 0.618. The van der Waals surface area contributed by atoms with E-state index in [0.29, 0.717) is 17.3 Å². The molecular formula is C17H20N6O4S. The van der Waals surface area contributed by atoms with Crippen LogP contribution in [0.25, 0.3) is 0 Å². The second-order valence-corrected chi connectivity index (χ2v) is 8.79. The summed E-state index contributed by atoms with van der Waals surface area (Å²) in [6, 6.07) is 4.11. The molecule has 11 heteroatoms. The number of nitrogens with one attached hydrogen (secondary N) is 2. The molecule has 28 heavy (non-hydrogen) atoms. The maximum atomic E-state index is 12.9. The Morgan fingerprint density at radius 1 is 1.29 bits per heavy atom. The lowest BCUT2D eigenvalue weighted by Crippen LogP contribution is -2.67. The number of ether oxygens (including phenoxy) is 2. The van der Waals surface area contributed by atoms with Crippen molar-refractivity contribution in [1.29, 1.82) is 0 Å². The van der Waals surface area contributed by atoms with Gasteiger partial charge in [-0.2, -0.15) is 5.21 Å². The Morgan fingerprint density at radius 2 is 1.96 bits per heavy atom. The van der Waals surface area contributed by atoms with Crippen molar-refractivity contribution in [2.24, 2.45) is 0 Å². The molecule has 10 nitrogen and oxygen atoms in total. The van der Waals surface area contributed by atoms with Crippen LogP contribution in [0, 0.1) is 0 Å². The molecule has 2 fully saturated rings. The van der Waals surface area contributed by atoms with Gasteiger partial charge in [-0.1, -0.05) is 11.3 Å². The van der Waals surface area contributed by atoms with Crippen molar-refractivity contribution in [1.82, 2.24) is 30.8 Å². The van der Waals surface area contributed by atoms with Gasteiger partial charge >= 0.3 is 0 Å². The van der Waals surface area contributed by atoms with Gasteiger partial charge in [-0.3, -0.25) is 9.59 Å². The molecule has 2 aliphatic heterocycles. The zero-order valence-corrected chi connectivity index (χ0v) is 16.6. The number of thioether (sulfide) groups is 1. The van der Waals surface area contributed by atoms with Gasteiger partial charge in [0.15, 0.2) is 5.82 Å². The standard InChI is InChI=1S/C17H20N6O4S/c1-17(2)12(13-19-21-22-20-13)23-15(25)11(16(23)28-17)18-14(24)10-8(26-3)6-5-7-9(10)27-4/h5-7,11-12,16H,1-4H3,(H,18,24)(H,19,20,21,22)/t11?,12?,16-/m0/s1. The molecule has 0 saturated carbocycles. The van der Waals surface area contributed by atoms with Crippen LogP contribution in [0.4, 0.5) is 0 Å². The maximum Gasteiger partial charge on any atom is 0.259 e. The van der Waals surface area contributed by atoms with Gasteiger partial charge < -0.3 is 19.7 Å². The van der Waals surface area contributed by atoms with Crippen molar-refractivity contribution in [3.05, 3.63) is 29.6 Å². The monoisotopic (exact) mass is 404 g/mol. The van der Waals surface area contributed by atoms with E-state index >= 15 is 0 Å². The van der Waals surface area contributed by atoms with Crippen LogP contribution in [-0.2, 0) is 4.79 Å². The van der Waals surface area contributed by atoms with E-state index in [0.717, 1.165) is 0 Å². The number of hydrogen-bond acceptors (Lipinski definition) is 8. The fourth-order valence-electron chi connectivity index (χ4n) is 3.74. The number of β-lactam (4-membered cyclic amide) rings is 1. The highest BCUT2D eigenvalue weighted by molar-refractivity contribution is 8.01. The lowest BCUT2D eigenvalue weighted by Gasteiger charge is -2.44. The van der Waals surface area contributed by atoms with E-state index in [9.17, 15) is 9.59 Å². The third-order valence-corrected chi connectivity index (χ3v) is 6.56. The lowest BCUT2D eigenvalue weighted by molar-refractivity contribution is -0.148. The first-order chi connectivity index (χ1) is 13.4. The average Bonchev–Trinajstić information content (AvgIpc) is 3.29. The van der Waals surface area contributed by atoms with Crippen LogP contribution in [0.1, 0.15) is 36.1 Å². The molecule has 0 spiro atoms. The number of H-pyrrole nitrogens is 1. The maximum absolute atomic E-state index is 12.9. The third kappa shape index (κ3) is 2.68. The second kappa shape index (κ2) is 6.66. The quantitative estimate of drug-likeness (QED) is 0.700.